The molecule has 4 rings (SSSR count). The topological polar surface area (TPSA) is 17.8 Å². The molecule has 0 bridgehead atoms. The average Bonchev–Trinajstić information content (AvgIpc) is 3.07. The maximum atomic E-state index is 5.02. The van der Waals surface area contributed by atoms with Crippen molar-refractivity contribution in [2.24, 2.45) is 5.92 Å². The predicted octanol–water partition coefficient (Wildman–Crippen LogP) is 6.43. The van der Waals surface area contributed by atoms with E-state index in [2.05, 4.69) is 104 Å². The van der Waals surface area contributed by atoms with Gasteiger partial charge in [0.15, 0.2) is 0 Å². The Hall–Kier alpha value is -2.87. The number of nitrogens with zero attached hydrogens (tertiary/aromatic N) is 2. The Bertz CT molecular complexity index is 1040. The van der Waals surface area contributed by atoms with Crippen LogP contribution in [-0.2, 0) is 13.0 Å². The first-order valence-electron chi connectivity index (χ1n) is 10.2. The number of imidazole rings is 1. The Labute approximate surface area is 167 Å². The van der Waals surface area contributed by atoms with Crippen molar-refractivity contribution in [3.8, 4) is 0 Å². The van der Waals surface area contributed by atoms with Gasteiger partial charge >= 0.3 is 0 Å². The minimum atomic E-state index is 0.240. The Morgan fingerprint density at radius 2 is 1.43 bits per heavy atom. The summed E-state index contributed by atoms with van der Waals surface area (Å²) in [7, 11) is 0. The van der Waals surface area contributed by atoms with E-state index in [1.807, 2.05) is 0 Å². The van der Waals surface area contributed by atoms with Crippen LogP contribution >= 0.6 is 0 Å². The lowest BCUT2D eigenvalue weighted by Gasteiger charge is -2.16. The van der Waals surface area contributed by atoms with Gasteiger partial charge in [-0.05, 0) is 41.2 Å². The molecule has 0 aliphatic heterocycles. The van der Waals surface area contributed by atoms with Gasteiger partial charge in [-0.1, -0.05) is 87.5 Å². The van der Waals surface area contributed by atoms with Gasteiger partial charge in [0.25, 0.3) is 0 Å². The van der Waals surface area contributed by atoms with Gasteiger partial charge in [-0.2, -0.15) is 0 Å². The van der Waals surface area contributed by atoms with E-state index in [-0.39, 0.29) is 5.92 Å². The molecule has 142 valence electrons. The summed E-state index contributed by atoms with van der Waals surface area (Å²) in [6.45, 7) is 7.64. The third kappa shape index (κ3) is 3.87. The Morgan fingerprint density at radius 3 is 2.14 bits per heavy atom. The maximum absolute atomic E-state index is 5.02. The van der Waals surface area contributed by atoms with Crippen LogP contribution in [0, 0.1) is 5.92 Å². The quantitative estimate of drug-likeness (QED) is 0.383. The molecule has 3 aromatic carbocycles. The van der Waals surface area contributed by atoms with Crippen LogP contribution in [-0.4, -0.2) is 9.55 Å². The van der Waals surface area contributed by atoms with Crippen LogP contribution in [0.5, 0.6) is 0 Å². The molecule has 28 heavy (non-hydrogen) atoms. The van der Waals surface area contributed by atoms with Gasteiger partial charge in [0.2, 0.25) is 0 Å². The lowest BCUT2D eigenvalue weighted by molar-refractivity contribution is 0.646. The third-order valence-electron chi connectivity index (χ3n) is 5.38. The largest absolute Gasteiger partial charge is 0.323 e. The summed E-state index contributed by atoms with van der Waals surface area (Å²) < 4.78 is 2.37. The summed E-state index contributed by atoms with van der Waals surface area (Å²) in [5.41, 5.74) is 6.29. The number of fused-ring (bicyclic) bond motifs is 1. The second-order valence-electron chi connectivity index (χ2n) is 8.09. The van der Waals surface area contributed by atoms with Gasteiger partial charge in [0.05, 0.1) is 11.0 Å². The van der Waals surface area contributed by atoms with Crippen molar-refractivity contribution in [2.75, 3.05) is 0 Å². The molecule has 0 aliphatic carbocycles. The fourth-order valence-corrected chi connectivity index (χ4v) is 3.92. The maximum Gasteiger partial charge on any atom is 0.117 e. The highest BCUT2D eigenvalue weighted by Gasteiger charge is 2.18. The first-order chi connectivity index (χ1) is 13.6. The van der Waals surface area contributed by atoms with E-state index in [9.17, 15) is 0 Å². The molecule has 0 saturated heterocycles. The summed E-state index contributed by atoms with van der Waals surface area (Å²) in [6, 6.07) is 28.2. The van der Waals surface area contributed by atoms with Crippen molar-refractivity contribution in [3.05, 3.63) is 101 Å². The summed E-state index contributed by atoms with van der Waals surface area (Å²) in [5.74, 6) is 2.05. The highest BCUT2D eigenvalue weighted by atomic mass is 15.1. The van der Waals surface area contributed by atoms with Crippen LogP contribution in [0.2, 0.25) is 0 Å². The number of hydrogen-bond donors (Lipinski definition) is 0. The third-order valence-corrected chi connectivity index (χ3v) is 5.38. The van der Waals surface area contributed by atoms with E-state index in [0.717, 1.165) is 24.3 Å². The van der Waals surface area contributed by atoms with E-state index >= 15 is 0 Å². The summed E-state index contributed by atoms with van der Waals surface area (Å²) in [5, 5.41) is 0. The molecule has 1 atom stereocenters. The Morgan fingerprint density at radius 1 is 0.750 bits per heavy atom. The van der Waals surface area contributed by atoms with Crippen molar-refractivity contribution >= 4 is 11.0 Å². The molecule has 0 amide bonds. The van der Waals surface area contributed by atoms with Gasteiger partial charge in [-0.15, -0.1) is 0 Å². The van der Waals surface area contributed by atoms with E-state index in [1.54, 1.807) is 0 Å². The Kier molecular flexibility index (Phi) is 5.29. The van der Waals surface area contributed by atoms with E-state index in [0.29, 0.717) is 5.92 Å². The zero-order valence-corrected chi connectivity index (χ0v) is 17.0. The van der Waals surface area contributed by atoms with E-state index in [4.69, 9.17) is 4.98 Å². The van der Waals surface area contributed by atoms with Crippen LogP contribution < -0.4 is 0 Å². The lowest BCUT2D eigenvalue weighted by Crippen LogP contribution is -2.09. The van der Waals surface area contributed by atoms with Crippen LogP contribution in [0.1, 0.15) is 49.2 Å². The molecule has 0 N–H and O–H groups in total. The van der Waals surface area contributed by atoms with E-state index in [1.165, 1.54) is 22.2 Å². The minimum Gasteiger partial charge on any atom is -0.323 e. The van der Waals surface area contributed by atoms with Gasteiger partial charge in [-0.3, -0.25) is 0 Å². The standard InChI is InChI=1S/C26H28N2/c1-19(2)17-21-13-15-23(16-14-21)20(3)26-27-24-11-7-8-12-25(24)28(26)18-22-9-5-4-6-10-22/h4-16,19-20H,17-18H2,1-3H3/t20-/m0/s1. The number of benzene rings is 3. The smallest absolute Gasteiger partial charge is 0.117 e. The zero-order chi connectivity index (χ0) is 19.5. The monoisotopic (exact) mass is 368 g/mol. The first kappa shape index (κ1) is 18.5. The molecule has 4 aromatic rings. The first-order valence-corrected chi connectivity index (χ1v) is 10.2. The molecular formula is C26H28N2. The minimum absolute atomic E-state index is 0.240. The average molecular weight is 369 g/mol. The molecule has 2 heteroatoms. The van der Waals surface area contributed by atoms with Crippen LogP contribution in [0.15, 0.2) is 78.9 Å². The van der Waals surface area contributed by atoms with Crippen LogP contribution in [0.25, 0.3) is 11.0 Å². The van der Waals surface area contributed by atoms with E-state index < -0.39 is 0 Å². The molecule has 0 unspecified atom stereocenters. The fourth-order valence-electron chi connectivity index (χ4n) is 3.92. The lowest BCUT2D eigenvalue weighted by atomic mass is 9.96. The van der Waals surface area contributed by atoms with Crippen molar-refractivity contribution < 1.29 is 0 Å². The number of hydrogen-bond acceptors (Lipinski definition) is 1. The number of para-hydroxylation sites is 2. The van der Waals surface area contributed by atoms with Gasteiger partial charge in [0.1, 0.15) is 5.82 Å². The van der Waals surface area contributed by atoms with Crippen LogP contribution in [0.4, 0.5) is 0 Å². The second kappa shape index (κ2) is 8.02. The highest BCUT2D eigenvalue weighted by molar-refractivity contribution is 5.76. The van der Waals surface area contributed by atoms with Crippen molar-refractivity contribution in [2.45, 2.75) is 39.7 Å². The van der Waals surface area contributed by atoms with Gasteiger partial charge in [-0.25, -0.2) is 4.98 Å². The highest BCUT2D eigenvalue weighted by Crippen LogP contribution is 2.28. The van der Waals surface area contributed by atoms with Crippen molar-refractivity contribution in [1.82, 2.24) is 9.55 Å². The molecular weight excluding hydrogens is 340 g/mol. The number of rotatable bonds is 6. The molecule has 1 heterocycles. The normalized spacial score (nSPS) is 12.6. The molecule has 2 nitrogen and oxygen atoms in total. The van der Waals surface area contributed by atoms with Crippen molar-refractivity contribution in [3.63, 3.8) is 0 Å². The molecule has 0 fully saturated rings. The molecule has 1 aromatic heterocycles. The van der Waals surface area contributed by atoms with Crippen molar-refractivity contribution in [1.29, 1.82) is 0 Å². The fraction of sp³-hybridized carbons (Fsp3) is 0.269. The summed E-state index contributed by atoms with van der Waals surface area (Å²) in [6.07, 6.45) is 1.13. The SMILES string of the molecule is CC(C)Cc1ccc([C@H](C)c2nc3ccccc3n2Cc2ccccc2)cc1. The Balaban J connectivity index is 1.72. The summed E-state index contributed by atoms with van der Waals surface area (Å²) in [4.78, 5) is 5.02. The molecule has 0 radical (unpaired) electrons. The van der Waals surface area contributed by atoms with Gasteiger partial charge in [0, 0.05) is 12.5 Å². The molecule has 0 saturated carbocycles. The summed E-state index contributed by atoms with van der Waals surface area (Å²) >= 11 is 0. The molecule has 0 aliphatic rings. The predicted molar refractivity (Wildman–Crippen MR) is 118 cm³/mol. The number of aromatic nitrogens is 2. The van der Waals surface area contributed by atoms with Gasteiger partial charge < -0.3 is 4.57 Å². The molecule has 0 spiro atoms. The zero-order valence-electron chi connectivity index (χ0n) is 17.0. The van der Waals surface area contributed by atoms with Crippen LogP contribution in [0.3, 0.4) is 0 Å². The second-order valence-corrected chi connectivity index (χ2v) is 8.09.